The highest BCUT2D eigenvalue weighted by Crippen LogP contribution is 2.44. The van der Waals surface area contributed by atoms with Crippen LogP contribution in [0.2, 0.25) is 0 Å². The van der Waals surface area contributed by atoms with Crippen molar-refractivity contribution in [1.82, 2.24) is 10.2 Å². The Bertz CT molecular complexity index is 682. The Morgan fingerprint density at radius 2 is 2.21 bits per heavy atom. The number of halogens is 1. The summed E-state index contributed by atoms with van der Waals surface area (Å²) >= 11 is 0. The summed E-state index contributed by atoms with van der Waals surface area (Å²) in [7, 11) is 0. The molecule has 2 heterocycles. The van der Waals surface area contributed by atoms with Crippen LogP contribution in [0.5, 0.6) is 17.2 Å². The first-order chi connectivity index (χ1) is 9.08. The number of carboxylic acids is 1. The molecule has 1 aromatic carbocycles. The molecule has 98 valence electrons. The summed E-state index contributed by atoms with van der Waals surface area (Å²) in [5.41, 5.74) is -0.0647. The quantitative estimate of drug-likeness (QED) is 0.757. The van der Waals surface area contributed by atoms with Crippen molar-refractivity contribution in [1.29, 1.82) is 0 Å². The summed E-state index contributed by atoms with van der Waals surface area (Å²) in [6, 6.07) is 2.52. The van der Waals surface area contributed by atoms with Crippen LogP contribution in [-0.2, 0) is 0 Å². The number of nitrogens with zero attached hydrogens (tertiary/aromatic N) is 1. The summed E-state index contributed by atoms with van der Waals surface area (Å²) in [6.45, 7) is -0.143. The standard InChI is InChI=1S/C11H7FN2O5/c12-8-9(15)4(1-7-10(8)19-3-18-7)5-2-6(11(16)17)14-13-5/h1-2,15H,3H2,(H,13,14)(H,16,17). The van der Waals surface area contributed by atoms with Gasteiger partial charge in [-0.25, -0.2) is 4.79 Å². The molecule has 3 rings (SSSR count). The first-order valence-corrected chi connectivity index (χ1v) is 5.18. The summed E-state index contributed by atoms with van der Waals surface area (Å²) in [5, 5.41) is 24.5. The highest BCUT2D eigenvalue weighted by molar-refractivity contribution is 5.87. The van der Waals surface area contributed by atoms with Crippen molar-refractivity contribution < 1.29 is 28.9 Å². The van der Waals surface area contributed by atoms with Gasteiger partial charge in [-0.3, -0.25) is 5.10 Å². The Morgan fingerprint density at radius 1 is 1.42 bits per heavy atom. The molecule has 0 aliphatic carbocycles. The van der Waals surface area contributed by atoms with E-state index < -0.39 is 17.5 Å². The molecule has 0 atom stereocenters. The van der Waals surface area contributed by atoms with Crippen LogP contribution in [0.25, 0.3) is 11.3 Å². The number of hydrogen-bond acceptors (Lipinski definition) is 5. The lowest BCUT2D eigenvalue weighted by atomic mass is 10.1. The molecule has 2 aromatic rings. The summed E-state index contributed by atoms with van der Waals surface area (Å²) in [6.07, 6.45) is 0. The number of fused-ring (bicyclic) bond motifs is 1. The Kier molecular flexibility index (Phi) is 2.31. The molecule has 0 unspecified atom stereocenters. The van der Waals surface area contributed by atoms with Gasteiger partial charge in [0.25, 0.3) is 0 Å². The Labute approximate surface area is 105 Å². The van der Waals surface area contributed by atoms with E-state index in [1.807, 2.05) is 0 Å². The van der Waals surface area contributed by atoms with Crippen molar-refractivity contribution in [2.45, 2.75) is 0 Å². The van der Waals surface area contributed by atoms with E-state index in [0.717, 1.165) is 0 Å². The Hall–Kier alpha value is -2.77. The largest absolute Gasteiger partial charge is 0.504 e. The van der Waals surface area contributed by atoms with Gasteiger partial charge in [-0.1, -0.05) is 0 Å². The SMILES string of the molecule is O=C(O)c1cc(-c2cc3c(c(F)c2O)OCO3)n[nH]1. The molecule has 3 N–H and O–H groups in total. The minimum Gasteiger partial charge on any atom is -0.504 e. The number of phenolic OH excluding ortho intramolecular Hbond substituents is 1. The minimum absolute atomic E-state index is 0.0190. The van der Waals surface area contributed by atoms with Crippen LogP contribution in [-0.4, -0.2) is 33.2 Å². The fraction of sp³-hybridized carbons (Fsp3) is 0.0909. The number of H-pyrrole nitrogens is 1. The van der Waals surface area contributed by atoms with Gasteiger partial charge in [-0.05, 0) is 12.1 Å². The predicted octanol–water partition coefficient (Wildman–Crippen LogP) is 1.35. The molecule has 0 radical (unpaired) electrons. The normalized spacial score (nSPS) is 12.7. The molecule has 0 bridgehead atoms. The second-order valence-corrected chi connectivity index (χ2v) is 3.79. The number of ether oxygens (including phenoxy) is 2. The van der Waals surface area contributed by atoms with Crippen molar-refractivity contribution in [3.8, 4) is 28.5 Å². The van der Waals surface area contributed by atoms with Crippen LogP contribution in [0.15, 0.2) is 12.1 Å². The van der Waals surface area contributed by atoms with Gasteiger partial charge in [-0.15, -0.1) is 0 Å². The number of aromatic amines is 1. The topological polar surface area (TPSA) is 105 Å². The number of nitrogens with one attached hydrogen (secondary N) is 1. The molecule has 8 heteroatoms. The maximum atomic E-state index is 13.8. The van der Waals surface area contributed by atoms with Gasteiger partial charge in [0, 0.05) is 0 Å². The van der Waals surface area contributed by atoms with E-state index in [0.29, 0.717) is 0 Å². The third-order valence-electron chi connectivity index (χ3n) is 2.66. The first-order valence-electron chi connectivity index (χ1n) is 5.18. The smallest absolute Gasteiger partial charge is 0.353 e. The van der Waals surface area contributed by atoms with E-state index >= 15 is 0 Å². The molecular formula is C11H7FN2O5. The molecule has 0 saturated carbocycles. The number of phenols is 1. The van der Waals surface area contributed by atoms with Gasteiger partial charge in [0.2, 0.25) is 18.4 Å². The molecule has 7 nitrogen and oxygen atoms in total. The van der Waals surface area contributed by atoms with Crippen LogP contribution in [0.1, 0.15) is 10.5 Å². The van der Waals surface area contributed by atoms with Gasteiger partial charge in [0.15, 0.2) is 11.5 Å². The highest BCUT2D eigenvalue weighted by atomic mass is 19.1. The third-order valence-corrected chi connectivity index (χ3v) is 2.66. The van der Waals surface area contributed by atoms with E-state index in [-0.39, 0.29) is 35.2 Å². The van der Waals surface area contributed by atoms with Crippen molar-refractivity contribution in [3.05, 3.63) is 23.6 Å². The summed E-state index contributed by atoms with van der Waals surface area (Å²) in [4.78, 5) is 10.7. The number of aromatic nitrogens is 2. The second-order valence-electron chi connectivity index (χ2n) is 3.79. The fourth-order valence-corrected chi connectivity index (χ4v) is 1.76. The van der Waals surface area contributed by atoms with Gasteiger partial charge >= 0.3 is 5.97 Å². The number of hydrogen-bond donors (Lipinski definition) is 3. The first kappa shape index (κ1) is 11.3. The van der Waals surface area contributed by atoms with Crippen LogP contribution in [0.3, 0.4) is 0 Å². The average Bonchev–Trinajstić information content (AvgIpc) is 3.01. The minimum atomic E-state index is -1.21. The van der Waals surface area contributed by atoms with Crippen molar-refractivity contribution in [2.75, 3.05) is 6.79 Å². The van der Waals surface area contributed by atoms with E-state index in [9.17, 15) is 14.3 Å². The van der Waals surface area contributed by atoms with E-state index in [1.54, 1.807) is 0 Å². The molecule has 19 heavy (non-hydrogen) atoms. The number of aromatic carboxylic acids is 1. The zero-order chi connectivity index (χ0) is 13.6. The number of carbonyl (C=O) groups is 1. The maximum absolute atomic E-state index is 13.8. The highest BCUT2D eigenvalue weighted by Gasteiger charge is 2.26. The van der Waals surface area contributed by atoms with Crippen LogP contribution < -0.4 is 9.47 Å². The van der Waals surface area contributed by atoms with Gasteiger partial charge in [0.1, 0.15) is 5.69 Å². The predicted molar refractivity (Wildman–Crippen MR) is 58.7 cm³/mol. The zero-order valence-corrected chi connectivity index (χ0v) is 9.31. The lowest BCUT2D eigenvalue weighted by Gasteiger charge is -2.05. The molecule has 1 aliphatic rings. The Balaban J connectivity index is 2.14. The molecule has 0 saturated heterocycles. The van der Waals surface area contributed by atoms with E-state index in [2.05, 4.69) is 10.2 Å². The Morgan fingerprint density at radius 3 is 2.89 bits per heavy atom. The molecule has 0 fully saturated rings. The lowest BCUT2D eigenvalue weighted by Crippen LogP contribution is -1.95. The lowest BCUT2D eigenvalue weighted by molar-refractivity contribution is 0.0690. The van der Waals surface area contributed by atoms with Crippen LogP contribution in [0, 0.1) is 5.82 Å². The third kappa shape index (κ3) is 1.65. The van der Waals surface area contributed by atoms with Crippen LogP contribution >= 0.6 is 0 Å². The van der Waals surface area contributed by atoms with E-state index in [1.165, 1.54) is 12.1 Å². The van der Waals surface area contributed by atoms with Gasteiger partial charge < -0.3 is 19.7 Å². The van der Waals surface area contributed by atoms with Crippen molar-refractivity contribution in [3.63, 3.8) is 0 Å². The fourth-order valence-electron chi connectivity index (χ4n) is 1.76. The summed E-state index contributed by atoms with van der Waals surface area (Å²) in [5.74, 6) is -2.89. The molecule has 1 aromatic heterocycles. The zero-order valence-electron chi connectivity index (χ0n) is 9.31. The summed E-state index contributed by atoms with van der Waals surface area (Å²) < 4.78 is 23.7. The maximum Gasteiger partial charge on any atom is 0.353 e. The number of benzene rings is 1. The van der Waals surface area contributed by atoms with Gasteiger partial charge in [0.05, 0.1) is 11.3 Å². The van der Waals surface area contributed by atoms with Crippen molar-refractivity contribution in [2.24, 2.45) is 0 Å². The number of rotatable bonds is 2. The molecule has 0 spiro atoms. The average molecular weight is 266 g/mol. The van der Waals surface area contributed by atoms with Gasteiger partial charge in [-0.2, -0.15) is 9.49 Å². The van der Waals surface area contributed by atoms with Crippen molar-refractivity contribution >= 4 is 5.97 Å². The monoisotopic (exact) mass is 266 g/mol. The number of aromatic hydroxyl groups is 1. The molecular weight excluding hydrogens is 259 g/mol. The van der Waals surface area contributed by atoms with E-state index in [4.69, 9.17) is 14.6 Å². The number of carboxylic acid groups (broad SMARTS) is 1. The molecule has 1 aliphatic heterocycles. The van der Waals surface area contributed by atoms with Crippen LogP contribution in [0.4, 0.5) is 4.39 Å². The second kappa shape index (κ2) is 3.87. The molecule has 0 amide bonds.